The van der Waals surface area contributed by atoms with Gasteiger partial charge in [0.1, 0.15) is 0 Å². The Morgan fingerprint density at radius 3 is 2.59 bits per heavy atom. The van der Waals surface area contributed by atoms with Gasteiger partial charge in [0.25, 0.3) is 10.0 Å². The maximum absolute atomic E-state index is 12.2. The number of benzene rings is 1. The van der Waals surface area contributed by atoms with Gasteiger partial charge in [-0.15, -0.1) is 0 Å². The fraction of sp³-hybridized carbons (Fsp3) is 0.231. The van der Waals surface area contributed by atoms with E-state index in [1.807, 2.05) is 0 Å². The lowest BCUT2D eigenvalue weighted by molar-refractivity contribution is 0.0508. The van der Waals surface area contributed by atoms with Crippen LogP contribution in [-0.4, -0.2) is 30.5 Å². The van der Waals surface area contributed by atoms with Gasteiger partial charge >= 0.3 is 5.97 Å². The Morgan fingerprint density at radius 1 is 1.36 bits per heavy atom. The molecule has 0 aliphatic rings. The van der Waals surface area contributed by atoms with Crippen LogP contribution in [0.2, 0.25) is 0 Å². The molecule has 118 valence electrons. The topological polar surface area (TPSA) is 90.3 Å². The van der Waals surface area contributed by atoms with Crippen LogP contribution in [0.15, 0.2) is 39.8 Å². The predicted octanol–water partition coefficient (Wildman–Crippen LogP) is 2.16. The number of aryl methyl sites for hydroxylation is 1. The van der Waals surface area contributed by atoms with Gasteiger partial charge in [-0.05, 0) is 31.2 Å². The number of nitrogens with one attached hydrogen (secondary N) is 1. The Bertz CT molecular complexity index is 784. The lowest BCUT2D eigenvalue weighted by Gasteiger charge is -2.05. The summed E-state index contributed by atoms with van der Waals surface area (Å²) in [4.78, 5) is 15.7. The van der Waals surface area contributed by atoms with Crippen molar-refractivity contribution in [1.29, 1.82) is 0 Å². The zero-order valence-corrected chi connectivity index (χ0v) is 14.3. The highest BCUT2D eigenvalue weighted by atomic mass is 79.9. The third-order valence-electron chi connectivity index (χ3n) is 2.70. The Hall–Kier alpha value is -1.87. The molecule has 1 aromatic heterocycles. The number of anilines is 1. The smallest absolute Gasteiger partial charge is 0.374 e. The number of hydrogen-bond donors (Lipinski definition) is 1. The van der Waals surface area contributed by atoms with Crippen LogP contribution in [0.5, 0.6) is 0 Å². The molecule has 1 aromatic carbocycles. The van der Waals surface area contributed by atoms with Crippen molar-refractivity contribution < 1.29 is 17.9 Å². The quantitative estimate of drug-likeness (QED) is 0.793. The van der Waals surface area contributed by atoms with Crippen LogP contribution >= 0.6 is 15.9 Å². The minimum atomic E-state index is -3.77. The summed E-state index contributed by atoms with van der Waals surface area (Å²) in [5.41, 5.74) is 0. The maximum Gasteiger partial charge on any atom is 0.374 e. The second-order valence-electron chi connectivity index (χ2n) is 4.34. The Labute approximate surface area is 136 Å². The number of nitrogens with zero attached hydrogens (tertiary/aromatic N) is 2. The number of aromatic nitrogens is 2. The molecule has 22 heavy (non-hydrogen) atoms. The molecule has 9 heteroatoms. The van der Waals surface area contributed by atoms with Gasteiger partial charge in [0.2, 0.25) is 5.82 Å². The summed E-state index contributed by atoms with van der Waals surface area (Å²) in [7, 11) is -2.19. The van der Waals surface area contributed by atoms with Crippen LogP contribution in [0.3, 0.4) is 0 Å². The number of halogens is 1. The molecular weight excluding hydrogens is 374 g/mol. The largest absolute Gasteiger partial charge is 0.460 e. The standard InChI is InChI=1S/C13H14BrN3O4S/c1-3-21-13(18)12-15-11(8-17(12)2)16-22(19,20)10-6-4-9(14)5-7-10/h4-8,16H,3H2,1-2H3. The molecular formula is C13H14BrN3O4S. The first kappa shape index (κ1) is 16.5. The van der Waals surface area contributed by atoms with Crippen LogP contribution in [0, 0.1) is 0 Å². The molecule has 0 aliphatic heterocycles. The minimum Gasteiger partial charge on any atom is -0.460 e. The first-order chi connectivity index (χ1) is 10.3. The van der Waals surface area contributed by atoms with Crippen molar-refractivity contribution in [2.24, 2.45) is 7.05 Å². The van der Waals surface area contributed by atoms with Crippen molar-refractivity contribution in [2.45, 2.75) is 11.8 Å². The number of imidazole rings is 1. The SMILES string of the molecule is CCOC(=O)c1nc(NS(=O)(=O)c2ccc(Br)cc2)cn1C. The van der Waals surface area contributed by atoms with E-state index in [2.05, 4.69) is 25.6 Å². The van der Waals surface area contributed by atoms with E-state index in [9.17, 15) is 13.2 Å². The minimum absolute atomic E-state index is 0.0235. The summed E-state index contributed by atoms with van der Waals surface area (Å²) < 4.78 is 33.8. The highest BCUT2D eigenvalue weighted by Crippen LogP contribution is 2.18. The normalized spacial score (nSPS) is 11.2. The monoisotopic (exact) mass is 387 g/mol. The lowest BCUT2D eigenvalue weighted by atomic mass is 10.4. The highest BCUT2D eigenvalue weighted by molar-refractivity contribution is 9.10. The highest BCUT2D eigenvalue weighted by Gasteiger charge is 2.19. The van der Waals surface area contributed by atoms with Crippen molar-refractivity contribution in [2.75, 3.05) is 11.3 Å². The van der Waals surface area contributed by atoms with Gasteiger partial charge in [-0.3, -0.25) is 4.72 Å². The Morgan fingerprint density at radius 2 is 2.00 bits per heavy atom. The zero-order chi connectivity index (χ0) is 16.3. The van der Waals surface area contributed by atoms with Crippen molar-refractivity contribution in [3.05, 3.63) is 40.8 Å². The molecule has 7 nitrogen and oxygen atoms in total. The molecule has 0 saturated carbocycles. The Kier molecular flexibility index (Phi) is 4.87. The zero-order valence-electron chi connectivity index (χ0n) is 11.9. The second kappa shape index (κ2) is 6.49. The van der Waals surface area contributed by atoms with Gasteiger partial charge in [0.05, 0.1) is 11.5 Å². The molecule has 0 amide bonds. The number of esters is 1. The van der Waals surface area contributed by atoms with Gasteiger partial charge in [0, 0.05) is 17.7 Å². The van der Waals surface area contributed by atoms with Crippen LogP contribution in [0.25, 0.3) is 0 Å². The molecule has 0 atom stereocenters. The number of ether oxygens (including phenoxy) is 1. The summed E-state index contributed by atoms with van der Waals surface area (Å²) in [6.45, 7) is 1.89. The number of hydrogen-bond acceptors (Lipinski definition) is 5. The van der Waals surface area contributed by atoms with Gasteiger partial charge in [-0.1, -0.05) is 15.9 Å². The van der Waals surface area contributed by atoms with E-state index in [1.165, 1.54) is 22.9 Å². The van der Waals surface area contributed by atoms with E-state index in [0.717, 1.165) is 4.47 Å². The number of sulfonamides is 1. The molecule has 0 aliphatic carbocycles. The van der Waals surface area contributed by atoms with Gasteiger partial charge < -0.3 is 9.30 Å². The summed E-state index contributed by atoms with van der Waals surface area (Å²) in [5.74, 6) is -0.539. The summed E-state index contributed by atoms with van der Waals surface area (Å²) in [5, 5.41) is 0. The van der Waals surface area contributed by atoms with Crippen molar-refractivity contribution in [3.63, 3.8) is 0 Å². The van der Waals surface area contributed by atoms with E-state index in [1.54, 1.807) is 26.1 Å². The summed E-state index contributed by atoms with van der Waals surface area (Å²) in [6.07, 6.45) is 1.41. The third kappa shape index (κ3) is 3.66. The fourth-order valence-corrected chi connectivity index (χ4v) is 2.96. The van der Waals surface area contributed by atoms with E-state index < -0.39 is 16.0 Å². The molecule has 2 aromatic rings. The number of rotatable bonds is 5. The van der Waals surface area contributed by atoms with Crippen LogP contribution in [0.4, 0.5) is 5.82 Å². The third-order valence-corrected chi connectivity index (χ3v) is 4.60. The van der Waals surface area contributed by atoms with Crippen LogP contribution in [0.1, 0.15) is 17.5 Å². The molecule has 0 unspecified atom stereocenters. The van der Waals surface area contributed by atoms with Gasteiger partial charge in [0.15, 0.2) is 5.82 Å². The molecule has 0 saturated heterocycles. The first-order valence-electron chi connectivity index (χ1n) is 6.32. The van der Waals surface area contributed by atoms with E-state index in [4.69, 9.17) is 4.74 Å². The predicted molar refractivity (Wildman–Crippen MR) is 84.1 cm³/mol. The molecule has 1 N–H and O–H groups in total. The lowest BCUT2D eigenvalue weighted by Crippen LogP contribution is -2.13. The van der Waals surface area contributed by atoms with E-state index in [0.29, 0.717) is 0 Å². The second-order valence-corrected chi connectivity index (χ2v) is 6.94. The van der Waals surface area contributed by atoms with Crippen LogP contribution < -0.4 is 4.72 Å². The molecule has 0 bridgehead atoms. The maximum atomic E-state index is 12.2. The van der Waals surface area contributed by atoms with Crippen molar-refractivity contribution in [1.82, 2.24) is 9.55 Å². The summed E-state index contributed by atoms with van der Waals surface area (Å²) in [6, 6.07) is 6.16. The molecule has 1 heterocycles. The average Bonchev–Trinajstić information content (AvgIpc) is 2.79. The first-order valence-corrected chi connectivity index (χ1v) is 8.60. The van der Waals surface area contributed by atoms with Gasteiger partial charge in [-0.2, -0.15) is 0 Å². The van der Waals surface area contributed by atoms with E-state index >= 15 is 0 Å². The van der Waals surface area contributed by atoms with Crippen molar-refractivity contribution >= 4 is 37.7 Å². The number of carbonyl (C=O) groups is 1. The molecule has 0 radical (unpaired) electrons. The molecule has 2 rings (SSSR count). The molecule has 0 spiro atoms. The Balaban J connectivity index is 2.25. The van der Waals surface area contributed by atoms with Crippen molar-refractivity contribution in [3.8, 4) is 0 Å². The average molecular weight is 388 g/mol. The van der Waals surface area contributed by atoms with Gasteiger partial charge in [-0.25, -0.2) is 18.2 Å². The fourth-order valence-electron chi connectivity index (χ4n) is 1.71. The summed E-state index contributed by atoms with van der Waals surface area (Å²) >= 11 is 3.24. The van der Waals surface area contributed by atoms with Crippen LogP contribution in [-0.2, 0) is 21.8 Å². The number of carbonyl (C=O) groups excluding carboxylic acids is 1. The van der Waals surface area contributed by atoms with E-state index in [-0.39, 0.29) is 23.1 Å². The molecule has 0 fully saturated rings.